The summed E-state index contributed by atoms with van der Waals surface area (Å²) in [5.74, 6) is 0.687. The number of thiocarbonyl (C=S) groups is 1. The molecule has 0 unspecified atom stereocenters. The van der Waals surface area contributed by atoms with Crippen molar-refractivity contribution in [3.63, 3.8) is 0 Å². The van der Waals surface area contributed by atoms with E-state index in [1.807, 2.05) is 61.7 Å². The SMILES string of the molecule is C[C@@H]1Cc2cc(-c3nn(-c4ccccc4)cc3/C=C3\SC(=S)N([C@@H]4CCS(=O)(=O)C4)C3=O)ccc2O1. The summed E-state index contributed by atoms with van der Waals surface area (Å²) in [6.07, 6.45) is 5.11. The van der Waals surface area contributed by atoms with Gasteiger partial charge < -0.3 is 4.74 Å². The number of rotatable bonds is 4. The molecule has 4 heterocycles. The minimum atomic E-state index is -3.14. The lowest BCUT2D eigenvalue weighted by Crippen LogP contribution is -2.39. The maximum atomic E-state index is 13.3. The van der Waals surface area contributed by atoms with Crippen molar-refractivity contribution in [2.75, 3.05) is 11.5 Å². The van der Waals surface area contributed by atoms with Gasteiger partial charge in [-0.2, -0.15) is 5.10 Å². The number of para-hydroxylation sites is 1. The smallest absolute Gasteiger partial charge is 0.266 e. The molecule has 0 radical (unpaired) electrons. The highest BCUT2D eigenvalue weighted by Gasteiger charge is 2.42. The molecule has 1 amide bonds. The summed E-state index contributed by atoms with van der Waals surface area (Å²) < 4.78 is 32.1. The van der Waals surface area contributed by atoms with Crippen molar-refractivity contribution in [3.05, 3.63) is 70.8 Å². The molecule has 0 N–H and O–H groups in total. The highest BCUT2D eigenvalue weighted by atomic mass is 32.2. The molecule has 10 heteroatoms. The number of hydrogen-bond acceptors (Lipinski definition) is 7. The number of amides is 1. The summed E-state index contributed by atoms with van der Waals surface area (Å²) in [6.45, 7) is 2.05. The van der Waals surface area contributed by atoms with Crippen LogP contribution in [0, 0.1) is 0 Å². The number of ether oxygens (including phenoxy) is 1. The van der Waals surface area contributed by atoms with E-state index in [-0.39, 0.29) is 23.5 Å². The Kier molecular flexibility index (Phi) is 5.77. The van der Waals surface area contributed by atoms with Gasteiger partial charge in [-0.15, -0.1) is 0 Å². The van der Waals surface area contributed by atoms with Crippen LogP contribution < -0.4 is 4.74 Å². The van der Waals surface area contributed by atoms with Gasteiger partial charge >= 0.3 is 0 Å². The standard InChI is InChI=1S/C26H23N3O4S3/c1-16-11-18-12-17(7-8-22(18)33-16)24-19(14-28(27-24)20-5-3-2-4-6-20)13-23-25(30)29(26(34)35-23)21-9-10-36(31,32)15-21/h2-8,12-14,16,21H,9-11,15H2,1H3/b23-13-/t16-,21-/m1/s1. The normalized spacial score (nSPS) is 23.9. The molecule has 1 aromatic heterocycles. The second kappa shape index (κ2) is 8.86. The van der Waals surface area contributed by atoms with Crippen molar-refractivity contribution in [3.8, 4) is 22.7 Å². The van der Waals surface area contributed by atoms with Gasteiger partial charge in [0.15, 0.2) is 9.84 Å². The molecule has 2 fully saturated rings. The Labute approximate surface area is 219 Å². The van der Waals surface area contributed by atoms with Crippen LogP contribution >= 0.6 is 24.0 Å². The van der Waals surface area contributed by atoms with Crippen LogP contribution in [0.3, 0.4) is 0 Å². The predicted molar refractivity (Wildman–Crippen MR) is 145 cm³/mol. The van der Waals surface area contributed by atoms with Crippen LogP contribution in [-0.4, -0.2) is 57.0 Å². The van der Waals surface area contributed by atoms with E-state index < -0.39 is 15.9 Å². The largest absolute Gasteiger partial charge is 0.490 e. The third kappa shape index (κ3) is 4.27. The maximum Gasteiger partial charge on any atom is 0.266 e. The van der Waals surface area contributed by atoms with E-state index in [1.165, 1.54) is 16.7 Å². The summed E-state index contributed by atoms with van der Waals surface area (Å²) in [4.78, 5) is 15.3. The molecule has 3 aliphatic heterocycles. The van der Waals surface area contributed by atoms with Crippen LogP contribution in [0.25, 0.3) is 23.0 Å². The molecule has 36 heavy (non-hydrogen) atoms. The zero-order valence-electron chi connectivity index (χ0n) is 19.5. The van der Waals surface area contributed by atoms with E-state index in [2.05, 4.69) is 6.07 Å². The number of sulfone groups is 1. The van der Waals surface area contributed by atoms with E-state index in [4.69, 9.17) is 22.1 Å². The molecule has 0 aliphatic carbocycles. The van der Waals surface area contributed by atoms with Gasteiger partial charge in [-0.1, -0.05) is 42.2 Å². The first-order chi connectivity index (χ1) is 17.3. The fraction of sp³-hybridized carbons (Fsp3) is 0.269. The van der Waals surface area contributed by atoms with Gasteiger partial charge in [0.2, 0.25) is 0 Å². The number of thioether (sulfide) groups is 1. The summed E-state index contributed by atoms with van der Waals surface area (Å²) in [5, 5.41) is 4.88. The molecule has 2 saturated heterocycles. The number of carbonyl (C=O) groups excluding carboxylic acids is 1. The minimum absolute atomic E-state index is 0.0421. The second-order valence-electron chi connectivity index (χ2n) is 9.28. The van der Waals surface area contributed by atoms with E-state index in [1.54, 1.807) is 4.68 Å². The highest BCUT2D eigenvalue weighted by molar-refractivity contribution is 8.26. The van der Waals surface area contributed by atoms with Gasteiger partial charge in [-0.05, 0) is 55.3 Å². The van der Waals surface area contributed by atoms with Gasteiger partial charge in [-0.25, -0.2) is 13.1 Å². The third-order valence-corrected chi connectivity index (χ3v) is 9.70. The molecule has 0 saturated carbocycles. The number of aromatic nitrogens is 2. The van der Waals surface area contributed by atoms with E-state index >= 15 is 0 Å². The zero-order valence-corrected chi connectivity index (χ0v) is 21.9. The van der Waals surface area contributed by atoms with Crippen molar-refractivity contribution in [2.45, 2.75) is 31.9 Å². The average molecular weight is 538 g/mol. The Morgan fingerprint density at radius 1 is 1.19 bits per heavy atom. The molecular formula is C26H23N3O4S3. The highest BCUT2D eigenvalue weighted by Crippen LogP contribution is 2.39. The lowest BCUT2D eigenvalue weighted by molar-refractivity contribution is -0.123. The molecule has 7 nitrogen and oxygen atoms in total. The van der Waals surface area contributed by atoms with Crippen LogP contribution in [0.15, 0.2) is 59.6 Å². The summed E-state index contributed by atoms with van der Waals surface area (Å²) in [5.41, 5.74) is 4.50. The van der Waals surface area contributed by atoms with Gasteiger partial charge in [0.05, 0.1) is 28.1 Å². The molecule has 2 atom stereocenters. The van der Waals surface area contributed by atoms with Crippen LogP contribution in [-0.2, 0) is 21.1 Å². The monoisotopic (exact) mass is 537 g/mol. The summed E-state index contributed by atoms with van der Waals surface area (Å²) in [7, 11) is -3.14. The number of fused-ring (bicyclic) bond motifs is 1. The van der Waals surface area contributed by atoms with Crippen molar-refractivity contribution < 1.29 is 17.9 Å². The van der Waals surface area contributed by atoms with E-state index in [9.17, 15) is 13.2 Å². The Balaban J connectivity index is 1.40. The molecule has 0 spiro atoms. The Morgan fingerprint density at radius 2 is 2.00 bits per heavy atom. The minimum Gasteiger partial charge on any atom is -0.490 e. The number of carbonyl (C=O) groups is 1. The first kappa shape index (κ1) is 23.4. The van der Waals surface area contributed by atoms with Gasteiger partial charge in [0.1, 0.15) is 21.9 Å². The van der Waals surface area contributed by atoms with Gasteiger partial charge in [0.25, 0.3) is 5.91 Å². The fourth-order valence-electron chi connectivity index (χ4n) is 4.91. The third-order valence-electron chi connectivity index (χ3n) is 6.62. The molecule has 2 aromatic carbocycles. The average Bonchev–Trinajstić information content (AvgIpc) is 3.59. The zero-order chi connectivity index (χ0) is 25.0. The molecule has 0 bridgehead atoms. The van der Waals surface area contributed by atoms with Crippen LogP contribution in [0.1, 0.15) is 24.5 Å². The Bertz CT molecular complexity index is 1530. The first-order valence-corrected chi connectivity index (χ1v) is 14.7. The molecule has 184 valence electrons. The fourth-order valence-corrected chi connectivity index (χ4v) is 8.01. The summed E-state index contributed by atoms with van der Waals surface area (Å²) >= 11 is 6.70. The van der Waals surface area contributed by atoms with Crippen molar-refractivity contribution in [2.24, 2.45) is 0 Å². The molecule has 3 aliphatic rings. The van der Waals surface area contributed by atoms with Crippen molar-refractivity contribution in [1.29, 1.82) is 0 Å². The van der Waals surface area contributed by atoms with Crippen molar-refractivity contribution >= 4 is 50.1 Å². The molecule has 6 rings (SSSR count). The lowest BCUT2D eigenvalue weighted by Gasteiger charge is -2.20. The van der Waals surface area contributed by atoms with Gasteiger partial charge in [0, 0.05) is 23.7 Å². The van der Waals surface area contributed by atoms with Gasteiger partial charge in [-0.3, -0.25) is 9.69 Å². The topological polar surface area (TPSA) is 81.5 Å². The second-order valence-corrected chi connectivity index (χ2v) is 13.2. The first-order valence-electron chi connectivity index (χ1n) is 11.7. The molecule has 3 aromatic rings. The predicted octanol–water partition coefficient (Wildman–Crippen LogP) is 4.25. The Morgan fingerprint density at radius 3 is 2.75 bits per heavy atom. The van der Waals surface area contributed by atoms with Crippen LogP contribution in [0.2, 0.25) is 0 Å². The maximum absolute atomic E-state index is 13.3. The number of hydrogen-bond donors (Lipinski definition) is 0. The van der Waals surface area contributed by atoms with E-state index in [0.29, 0.717) is 15.6 Å². The summed E-state index contributed by atoms with van der Waals surface area (Å²) in [6, 6.07) is 15.4. The number of nitrogens with zero attached hydrogens (tertiary/aromatic N) is 3. The van der Waals surface area contributed by atoms with Crippen molar-refractivity contribution in [1.82, 2.24) is 14.7 Å². The number of benzene rings is 2. The van der Waals surface area contributed by atoms with E-state index in [0.717, 1.165) is 40.2 Å². The lowest BCUT2D eigenvalue weighted by atomic mass is 10.0. The quantitative estimate of drug-likeness (QED) is 0.364. The van der Waals surface area contributed by atoms with Crippen LogP contribution in [0.4, 0.5) is 0 Å². The van der Waals surface area contributed by atoms with Crippen LogP contribution in [0.5, 0.6) is 5.75 Å². The molecular weight excluding hydrogens is 515 g/mol. The Hall–Kier alpha value is -2.95.